The number of benzene rings is 1. The zero-order valence-electron chi connectivity index (χ0n) is 15.6. The number of aromatic nitrogens is 5. The molecule has 6 rings (SSSR count). The normalized spacial score (nSPS) is 16.3. The fourth-order valence-electron chi connectivity index (χ4n) is 4.03. The molecule has 0 saturated heterocycles. The maximum Gasteiger partial charge on any atom is 0.283 e. The molecule has 0 unspecified atom stereocenters. The van der Waals surface area contributed by atoms with Crippen LogP contribution in [0.4, 0.5) is 0 Å². The molecule has 0 saturated carbocycles. The van der Waals surface area contributed by atoms with Crippen molar-refractivity contribution in [1.82, 2.24) is 27.3 Å². The number of amides is 1. The van der Waals surface area contributed by atoms with Crippen molar-refractivity contribution >= 4 is 55.8 Å². The lowest BCUT2D eigenvalue weighted by Crippen LogP contribution is -2.41. The van der Waals surface area contributed by atoms with Crippen molar-refractivity contribution in [2.75, 3.05) is 6.54 Å². The van der Waals surface area contributed by atoms with Gasteiger partial charge in [0.15, 0.2) is 5.01 Å². The molecule has 1 aliphatic rings. The van der Waals surface area contributed by atoms with Crippen LogP contribution in [-0.4, -0.2) is 39.7 Å². The van der Waals surface area contributed by atoms with Crippen LogP contribution in [0.25, 0.3) is 15.7 Å². The number of fused-ring (bicyclic) bond motifs is 3. The van der Waals surface area contributed by atoms with E-state index in [0.29, 0.717) is 11.6 Å². The molecule has 0 spiro atoms. The topological polar surface area (TPSA) is 68.3 Å². The molecule has 0 N–H and O–H groups in total. The van der Waals surface area contributed by atoms with Crippen LogP contribution in [-0.2, 0) is 6.42 Å². The predicted molar refractivity (Wildman–Crippen MR) is 123 cm³/mol. The minimum atomic E-state index is -0.343. The molecule has 1 amide bonds. The van der Waals surface area contributed by atoms with Crippen molar-refractivity contribution in [1.29, 1.82) is 0 Å². The van der Waals surface area contributed by atoms with E-state index in [0.717, 1.165) is 39.2 Å². The molecule has 9 heteroatoms. The number of hydrogen-bond acceptors (Lipinski definition) is 5. The van der Waals surface area contributed by atoms with Crippen LogP contribution in [0.5, 0.6) is 0 Å². The van der Waals surface area contributed by atoms with Crippen molar-refractivity contribution in [2.45, 2.75) is 12.5 Å². The Balaban J connectivity index is 1.48. The zero-order chi connectivity index (χ0) is 20.2. The molecular weight excluding hydrogens is 511 g/mol. The van der Waals surface area contributed by atoms with Crippen LogP contribution in [0.1, 0.15) is 32.9 Å². The lowest BCUT2D eigenvalue weighted by atomic mass is 9.99. The van der Waals surface area contributed by atoms with Gasteiger partial charge in [0, 0.05) is 19.2 Å². The van der Waals surface area contributed by atoms with Crippen LogP contribution in [0, 0.1) is 0 Å². The fraction of sp³-hybridized carbons (Fsp3) is 0.143. The Labute approximate surface area is 189 Å². The number of thiazole rings is 1. The van der Waals surface area contributed by atoms with Crippen LogP contribution in [0.3, 0.4) is 0 Å². The smallest absolute Gasteiger partial charge is 0.283 e. The molecule has 7 nitrogen and oxygen atoms in total. The van der Waals surface area contributed by atoms with Gasteiger partial charge in [0.2, 0.25) is 0 Å². The summed E-state index contributed by atoms with van der Waals surface area (Å²) in [5, 5.41) is 5.27. The van der Waals surface area contributed by atoms with Gasteiger partial charge in [-0.15, -0.1) is 11.3 Å². The van der Waals surface area contributed by atoms with Crippen molar-refractivity contribution in [2.24, 2.45) is 0 Å². The third-order valence-corrected chi connectivity index (χ3v) is 7.27. The molecule has 0 bridgehead atoms. The Kier molecular flexibility index (Phi) is 4.13. The van der Waals surface area contributed by atoms with E-state index < -0.39 is 0 Å². The average Bonchev–Trinajstić information content (AvgIpc) is 3.48. The Morgan fingerprint density at radius 2 is 2.03 bits per heavy atom. The number of nitrogens with zero attached hydrogens (tertiary/aromatic N) is 6. The number of hydrogen-bond donors (Lipinski definition) is 0. The van der Waals surface area contributed by atoms with E-state index >= 15 is 0 Å². The Morgan fingerprint density at radius 1 is 1.17 bits per heavy atom. The number of rotatable bonds is 2. The Hall–Kier alpha value is -2.79. The summed E-state index contributed by atoms with van der Waals surface area (Å²) in [4.78, 5) is 24.7. The third-order valence-electron chi connectivity index (χ3n) is 5.42. The highest BCUT2D eigenvalue weighted by atomic mass is 127. The third kappa shape index (κ3) is 2.76. The molecule has 1 atom stereocenters. The van der Waals surface area contributed by atoms with Gasteiger partial charge in [0.05, 0.1) is 55.7 Å². The molecule has 0 aliphatic carbocycles. The molecule has 0 fully saturated rings. The summed E-state index contributed by atoms with van der Waals surface area (Å²) in [6.45, 7) is 0.592. The Bertz CT molecular complexity index is 1350. The predicted octanol–water partition coefficient (Wildman–Crippen LogP) is 4.13. The first-order valence-corrected chi connectivity index (χ1v) is 11.3. The SMILES string of the molecule is O=C(c1nc2ccccc2s1)N1CCc2c(ncn2I)[C@@H]1c1cc2ccccn2n1. The average molecular weight is 526 g/mol. The number of pyridine rings is 1. The molecule has 4 aromatic heterocycles. The number of carbonyl (C=O) groups excluding carboxylic acids is 1. The van der Waals surface area contributed by atoms with E-state index in [1.54, 1.807) is 6.33 Å². The van der Waals surface area contributed by atoms with E-state index in [-0.39, 0.29) is 11.9 Å². The van der Waals surface area contributed by atoms with Gasteiger partial charge >= 0.3 is 0 Å². The quantitative estimate of drug-likeness (QED) is 0.325. The summed E-state index contributed by atoms with van der Waals surface area (Å²) in [5.41, 5.74) is 4.66. The van der Waals surface area contributed by atoms with E-state index in [9.17, 15) is 4.79 Å². The van der Waals surface area contributed by atoms with Crippen molar-refractivity contribution in [3.8, 4) is 0 Å². The number of imidazole rings is 1. The van der Waals surface area contributed by atoms with Crippen LogP contribution < -0.4 is 0 Å². The first kappa shape index (κ1) is 18.0. The molecule has 1 aromatic carbocycles. The van der Waals surface area contributed by atoms with Gasteiger partial charge < -0.3 is 4.90 Å². The van der Waals surface area contributed by atoms with E-state index in [4.69, 9.17) is 5.10 Å². The van der Waals surface area contributed by atoms with E-state index in [1.165, 1.54) is 11.3 Å². The summed E-state index contributed by atoms with van der Waals surface area (Å²) in [5.74, 6) is -0.0769. The van der Waals surface area contributed by atoms with E-state index in [2.05, 4.69) is 32.8 Å². The lowest BCUT2D eigenvalue weighted by Gasteiger charge is -2.33. The summed E-state index contributed by atoms with van der Waals surface area (Å²) < 4.78 is 4.86. The largest absolute Gasteiger partial charge is 0.322 e. The second-order valence-electron chi connectivity index (χ2n) is 7.16. The van der Waals surface area contributed by atoms with Crippen molar-refractivity contribution in [3.63, 3.8) is 0 Å². The Morgan fingerprint density at radius 3 is 2.90 bits per heavy atom. The zero-order valence-corrected chi connectivity index (χ0v) is 18.6. The van der Waals surface area contributed by atoms with Gasteiger partial charge in [0.1, 0.15) is 12.4 Å². The monoisotopic (exact) mass is 526 g/mol. The first-order chi connectivity index (χ1) is 14.7. The highest BCUT2D eigenvalue weighted by molar-refractivity contribution is 14.1. The minimum Gasteiger partial charge on any atom is -0.322 e. The number of halogens is 1. The molecule has 5 aromatic rings. The van der Waals surface area contributed by atoms with Gasteiger partial charge in [-0.25, -0.2) is 14.5 Å². The highest BCUT2D eigenvalue weighted by Gasteiger charge is 2.38. The summed E-state index contributed by atoms with van der Waals surface area (Å²) in [7, 11) is 0. The van der Waals surface area contributed by atoms with E-state index in [1.807, 2.05) is 66.9 Å². The first-order valence-electron chi connectivity index (χ1n) is 9.52. The summed E-state index contributed by atoms with van der Waals surface area (Å²) in [6.07, 6.45) is 4.47. The number of para-hydroxylation sites is 1. The maximum absolute atomic E-state index is 13.6. The summed E-state index contributed by atoms with van der Waals surface area (Å²) >= 11 is 3.68. The molecule has 30 heavy (non-hydrogen) atoms. The number of carbonyl (C=O) groups is 1. The van der Waals surface area contributed by atoms with Crippen LogP contribution in [0.2, 0.25) is 0 Å². The minimum absolute atomic E-state index is 0.0769. The molecule has 5 heterocycles. The van der Waals surface area contributed by atoms with Crippen LogP contribution in [0.15, 0.2) is 61.1 Å². The molecule has 0 radical (unpaired) electrons. The van der Waals surface area contributed by atoms with Crippen molar-refractivity contribution < 1.29 is 4.79 Å². The van der Waals surface area contributed by atoms with Crippen molar-refractivity contribution in [3.05, 3.63) is 83.1 Å². The van der Waals surface area contributed by atoms with Gasteiger partial charge in [0.25, 0.3) is 5.91 Å². The van der Waals surface area contributed by atoms with Gasteiger partial charge in [-0.3, -0.25) is 7.58 Å². The second-order valence-corrected chi connectivity index (χ2v) is 9.23. The van der Waals surface area contributed by atoms with Crippen LogP contribution >= 0.6 is 34.2 Å². The molecular formula is C21H15IN6OS. The van der Waals surface area contributed by atoms with Gasteiger partial charge in [-0.05, 0) is 30.3 Å². The second kappa shape index (κ2) is 6.88. The van der Waals surface area contributed by atoms with Gasteiger partial charge in [-0.1, -0.05) is 18.2 Å². The highest BCUT2D eigenvalue weighted by Crippen LogP contribution is 2.36. The maximum atomic E-state index is 13.6. The lowest BCUT2D eigenvalue weighted by molar-refractivity contribution is 0.0686. The molecule has 1 aliphatic heterocycles. The fourth-order valence-corrected chi connectivity index (χ4v) is 5.56. The van der Waals surface area contributed by atoms with Gasteiger partial charge in [-0.2, -0.15) is 5.10 Å². The molecule has 148 valence electrons. The standard InChI is InChI=1S/C21H15IN6OS/c22-27-12-23-18-16(27)8-10-26(19(18)15-11-13-5-3-4-9-28(13)25-15)21(29)20-24-14-6-1-2-7-17(14)30-20/h1-7,9,11-12,19H,8,10H2/t19-/m0/s1. The summed E-state index contributed by atoms with van der Waals surface area (Å²) in [6, 6.07) is 15.5.